The van der Waals surface area contributed by atoms with Crippen molar-refractivity contribution in [3.8, 4) is 17.4 Å². The number of ether oxygens (including phenoxy) is 2. The second kappa shape index (κ2) is 9.23. The molecule has 1 aromatic heterocycles. The third kappa shape index (κ3) is 4.61. The minimum Gasteiger partial charge on any atom is -0.460 e. The second-order valence-corrected chi connectivity index (χ2v) is 6.04. The van der Waals surface area contributed by atoms with Crippen molar-refractivity contribution in [2.45, 2.75) is 20.3 Å². The summed E-state index contributed by atoms with van der Waals surface area (Å²) in [6, 6.07) is 13.1. The largest absolute Gasteiger partial charge is 0.460 e. The van der Waals surface area contributed by atoms with Crippen molar-refractivity contribution in [2.24, 2.45) is 0 Å². The van der Waals surface area contributed by atoms with Gasteiger partial charge in [-0.25, -0.2) is 4.39 Å². The summed E-state index contributed by atoms with van der Waals surface area (Å²) in [5.41, 5.74) is 2.21. The molecule has 0 aliphatic rings. The Bertz CT molecular complexity index is 921. The van der Waals surface area contributed by atoms with E-state index in [4.69, 9.17) is 9.47 Å². The van der Waals surface area contributed by atoms with Gasteiger partial charge >= 0.3 is 6.01 Å². The molecule has 0 saturated heterocycles. The van der Waals surface area contributed by atoms with E-state index >= 15 is 0 Å². The number of aromatic nitrogens is 3. The fourth-order valence-corrected chi connectivity index (χ4v) is 2.62. The first-order valence-corrected chi connectivity index (χ1v) is 9.19. The molecule has 28 heavy (non-hydrogen) atoms. The molecule has 0 N–H and O–H groups in total. The van der Waals surface area contributed by atoms with E-state index in [2.05, 4.69) is 17.0 Å². The summed E-state index contributed by atoms with van der Waals surface area (Å²) in [6.07, 6.45) is 0.910. The van der Waals surface area contributed by atoms with Crippen LogP contribution in [-0.4, -0.2) is 40.5 Å². The van der Waals surface area contributed by atoms with E-state index in [1.807, 2.05) is 31.2 Å². The van der Waals surface area contributed by atoms with E-state index in [9.17, 15) is 9.18 Å². The quantitative estimate of drug-likeness (QED) is 0.554. The first kappa shape index (κ1) is 19.7. The van der Waals surface area contributed by atoms with Gasteiger partial charge in [0.2, 0.25) is 0 Å². The normalized spacial score (nSPS) is 10.8. The molecule has 0 aliphatic carbocycles. The van der Waals surface area contributed by atoms with Crippen molar-refractivity contribution >= 4 is 5.91 Å². The fourth-order valence-electron chi connectivity index (χ4n) is 2.62. The Hall–Kier alpha value is -3.06. The number of carbonyl (C=O) groups is 1. The van der Waals surface area contributed by atoms with Crippen LogP contribution in [0.2, 0.25) is 0 Å². The lowest BCUT2D eigenvalue weighted by atomic mass is 10.1. The molecule has 3 aromatic rings. The molecule has 0 bridgehead atoms. The molecule has 0 amide bonds. The van der Waals surface area contributed by atoms with Crippen molar-refractivity contribution in [3.05, 3.63) is 65.5 Å². The highest BCUT2D eigenvalue weighted by atomic mass is 19.1. The number of benzene rings is 2. The summed E-state index contributed by atoms with van der Waals surface area (Å²) in [5, 5.41) is 4.21. The number of rotatable bonds is 8. The molecule has 146 valence electrons. The number of halogens is 1. The van der Waals surface area contributed by atoms with Crippen LogP contribution in [0.25, 0.3) is 11.4 Å². The highest BCUT2D eigenvalue weighted by molar-refractivity contribution is 5.97. The number of aryl methyl sites for hydroxylation is 1. The summed E-state index contributed by atoms with van der Waals surface area (Å²) in [5.74, 6) is -0.462. The molecule has 0 fully saturated rings. The molecule has 0 unspecified atom stereocenters. The fraction of sp³-hybridized carbons (Fsp3) is 0.286. The molecular formula is C21H22FN3O3. The van der Waals surface area contributed by atoms with Crippen LogP contribution in [0.4, 0.5) is 4.39 Å². The van der Waals surface area contributed by atoms with Crippen LogP contribution >= 0.6 is 0 Å². The molecule has 6 nitrogen and oxygen atoms in total. The summed E-state index contributed by atoms with van der Waals surface area (Å²) >= 11 is 0. The Morgan fingerprint density at radius 1 is 1.04 bits per heavy atom. The Morgan fingerprint density at radius 2 is 1.75 bits per heavy atom. The van der Waals surface area contributed by atoms with Gasteiger partial charge in [0.1, 0.15) is 12.4 Å². The van der Waals surface area contributed by atoms with E-state index in [0.717, 1.165) is 12.0 Å². The van der Waals surface area contributed by atoms with Crippen LogP contribution in [0.3, 0.4) is 0 Å². The van der Waals surface area contributed by atoms with Crippen molar-refractivity contribution in [1.29, 1.82) is 0 Å². The van der Waals surface area contributed by atoms with Crippen molar-refractivity contribution in [2.75, 3.05) is 19.8 Å². The Balaban J connectivity index is 1.94. The SMILES string of the molecule is CCOCCOc1nc(-c2ccc(CC)cc2)n(C(=O)c2ccc(F)cc2)n1. The Morgan fingerprint density at radius 3 is 2.39 bits per heavy atom. The minimum atomic E-state index is -0.415. The molecule has 7 heteroatoms. The molecule has 0 atom stereocenters. The van der Waals surface area contributed by atoms with Crippen molar-refractivity contribution in [3.63, 3.8) is 0 Å². The Labute approximate surface area is 162 Å². The first-order valence-electron chi connectivity index (χ1n) is 9.19. The van der Waals surface area contributed by atoms with Gasteiger partial charge in [-0.1, -0.05) is 31.2 Å². The maximum Gasteiger partial charge on any atom is 0.336 e. The van der Waals surface area contributed by atoms with Crippen LogP contribution in [0.1, 0.15) is 29.8 Å². The lowest BCUT2D eigenvalue weighted by molar-refractivity contribution is 0.0938. The number of nitrogens with zero attached hydrogens (tertiary/aromatic N) is 3. The Kier molecular flexibility index (Phi) is 6.49. The van der Waals surface area contributed by atoms with Crippen LogP contribution < -0.4 is 4.74 Å². The van der Waals surface area contributed by atoms with E-state index < -0.39 is 11.7 Å². The smallest absolute Gasteiger partial charge is 0.336 e. The predicted octanol–water partition coefficient (Wildman–Crippen LogP) is 3.75. The molecular weight excluding hydrogens is 361 g/mol. The van der Waals surface area contributed by atoms with E-state index in [1.165, 1.54) is 34.5 Å². The van der Waals surface area contributed by atoms with Crippen LogP contribution in [-0.2, 0) is 11.2 Å². The van der Waals surface area contributed by atoms with Gasteiger partial charge in [-0.2, -0.15) is 9.67 Å². The lowest BCUT2D eigenvalue weighted by Crippen LogP contribution is -2.15. The van der Waals surface area contributed by atoms with Gasteiger partial charge in [-0.15, -0.1) is 5.10 Å². The number of carbonyl (C=O) groups excluding carboxylic acids is 1. The third-order valence-corrected chi connectivity index (χ3v) is 4.15. The van der Waals surface area contributed by atoms with Gasteiger partial charge in [0.15, 0.2) is 5.82 Å². The van der Waals surface area contributed by atoms with Crippen molar-refractivity contribution < 1.29 is 18.7 Å². The van der Waals surface area contributed by atoms with Crippen LogP contribution in [0, 0.1) is 5.82 Å². The van der Waals surface area contributed by atoms with Gasteiger partial charge in [0, 0.05) is 17.7 Å². The van der Waals surface area contributed by atoms with Gasteiger partial charge in [-0.3, -0.25) is 4.79 Å². The molecule has 1 heterocycles. The summed E-state index contributed by atoms with van der Waals surface area (Å²) in [7, 11) is 0. The summed E-state index contributed by atoms with van der Waals surface area (Å²) in [6.45, 7) is 5.23. The highest BCUT2D eigenvalue weighted by Crippen LogP contribution is 2.22. The molecule has 0 spiro atoms. The lowest BCUT2D eigenvalue weighted by Gasteiger charge is -2.05. The van der Waals surface area contributed by atoms with Crippen LogP contribution in [0.15, 0.2) is 48.5 Å². The highest BCUT2D eigenvalue weighted by Gasteiger charge is 2.20. The summed E-state index contributed by atoms with van der Waals surface area (Å²) in [4.78, 5) is 17.3. The molecule has 2 aromatic carbocycles. The zero-order valence-electron chi connectivity index (χ0n) is 15.9. The molecule has 0 saturated carbocycles. The average Bonchev–Trinajstić information content (AvgIpc) is 3.15. The third-order valence-electron chi connectivity index (χ3n) is 4.15. The van der Waals surface area contributed by atoms with Crippen LogP contribution in [0.5, 0.6) is 6.01 Å². The maximum absolute atomic E-state index is 13.2. The minimum absolute atomic E-state index is 0.0877. The van der Waals surface area contributed by atoms with Gasteiger partial charge in [-0.05, 0) is 43.2 Å². The monoisotopic (exact) mass is 383 g/mol. The maximum atomic E-state index is 13.2. The molecule has 0 radical (unpaired) electrons. The van der Waals surface area contributed by atoms with Gasteiger partial charge < -0.3 is 9.47 Å². The average molecular weight is 383 g/mol. The zero-order valence-corrected chi connectivity index (χ0v) is 15.9. The first-order chi connectivity index (χ1) is 13.6. The molecule has 0 aliphatic heterocycles. The zero-order chi connectivity index (χ0) is 19.9. The summed E-state index contributed by atoms with van der Waals surface area (Å²) < 4.78 is 25.1. The van der Waals surface area contributed by atoms with Gasteiger partial charge in [0.25, 0.3) is 5.91 Å². The number of hydrogen-bond acceptors (Lipinski definition) is 5. The standard InChI is InChI=1S/C21H22FN3O3/c1-3-15-5-7-16(8-6-15)19-23-21(28-14-13-27-4-2)24-25(19)20(26)17-9-11-18(22)12-10-17/h5-12H,3-4,13-14H2,1-2H3. The van der Waals surface area contributed by atoms with Crippen molar-refractivity contribution in [1.82, 2.24) is 14.8 Å². The predicted molar refractivity (Wildman–Crippen MR) is 103 cm³/mol. The van der Waals surface area contributed by atoms with E-state index in [-0.39, 0.29) is 12.6 Å². The van der Waals surface area contributed by atoms with E-state index in [1.54, 1.807) is 0 Å². The molecule has 3 rings (SSSR count). The van der Waals surface area contributed by atoms with E-state index in [0.29, 0.717) is 24.6 Å². The van der Waals surface area contributed by atoms with Gasteiger partial charge in [0.05, 0.1) is 6.61 Å². The number of hydrogen-bond donors (Lipinski definition) is 0. The topological polar surface area (TPSA) is 66.2 Å². The second-order valence-electron chi connectivity index (χ2n) is 6.04.